The molecule has 0 amide bonds. The number of phenols is 6. The van der Waals surface area contributed by atoms with Crippen LogP contribution in [0.2, 0.25) is 0 Å². The minimum absolute atomic E-state index is 0.0206. The number of methoxy groups -OCH3 is 1. The molecule has 4 aromatic rings. The third-order valence-corrected chi connectivity index (χ3v) is 7.04. The van der Waals surface area contributed by atoms with Gasteiger partial charge in [0.15, 0.2) is 16.9 Å². The van der Waals surface area contributed by atoms with Crippen LogP contribution in [0.5, 0.6) is 51.7 Å². The van der Waals surface area contributed by atoms with Crippen LogP contribution < -0.4 is 14.2 Å². The molecule has 0 aromatic heterocycles. The molecule has 0 bridgehead atoms. The Labute approximate surface area is 226 Å². The summed E-state index contributed by atoms with van der Waals surface area (Å²) in [7, 11) is 1.30. The Kier molecular flexibility index (Phi) is 5.44. The molecule has 40 heavy (non-hydrogen) atoms. The quantitative estimate of drug-likeness (QED) is 0.123. The van der Waals surface area contributed by atoms with Crippen molar-refractivity contribution < 1.29 is 49.6 Å². The van der Waals surface area contributed by atoms with E-state index < -0.39 is 23.2 Å². The lowest BCUT2D eigenvalue weighted by molar-refractivity contribution is -0.139. The summed E-state index contributed by atoms with van der Waals surface area (Å²) in [5.74, 6) is -2.46. The van der Waals surface area contributed by atoms with Gasteiger partial charge < -0.3 is 44.8 Å². The highest BCUT2D eigenvalue weighted by molar-refractivity contribution is 6.01. The molecule has 2 atom stereocenters. The van der Waals surface area contributed by atoms with E-state index in [1.54, 1.807) is 24.3 Å². The van der Waals surface area contributed by atoms with E-state index in [9.17, 15) is 35.4 Å². The number of hydrogen-bond donors (Lipinski definition) is 6. The van der Waals surface area contributed by atoms with E-state index in [-0.39, 0.29) is 62.7 Å². The molecule has 10 heteroatoms. The van der Waals surface area contributed by atoms with Crippen molar-refractivity contribution in [1.82, 2.24) is 0 Å². The Hall–Kier alpha value is -5.51. The molecule has 0 fully saturated rings. The van der Waals surface area contributed by atoms with Crippen molar-refractivity contribution in [3.05, 3.63) is 88.5 Å². The maximum absolute atomic E-state index is 14.0. The molecule has 2 heterocycles. The number of rotatable bonds is 4. The van der Waals surface area contributed by atoms with Crippen molar-refractivity contribution in [1.29, 1.82) is 0 Å². The predicted molar refractivity (Wildman–Crippen MR) is 141 cm³/mol. The summed E-state index contributed by atoms with van der Waals surface area (Å²) < 4.78 is 17.4. The fourth-order valence-electron chi connectivity index (χ4n) is 5.51. The Balaban J connectivity index is 1.68. The molecule has 0 radical (unpaired) electrons. The maximum atomic E-state index is 14.0. The molecule has 2 aliphatic heterocycles. The zero-order chi connectivity index (χ0) is 28.3. The monoisotopic (exact) mass is 542 g/mol. The lowest BCUT2D eigenvalue weighted by Gasteiger charge is -2.29. The van der Waals surface area contributed by atoms with E-state index in [4.69, 9.17) is 14.2 Å². The molecule has 0 unspecified atom stereocenters. The van der Waals surface area contributed by atoms with Gasteiger partial charge in [0.05, 0.1) is 12.7 Å². The van der Waals surface area contributed by atoms with Gasteiger partial charge in [0, 0.05) is 23.8 Å². The topological polar surface area (TPSA) is 166 Å². The summed E-state index contributed by atoms with van der Waals surface area (Å²) in [6.07, 6.45) is 1.94. The molecule has 0 saturated heterocycles. The van der Waals surface area contributed by atoms with Crippen molar-refractivity contribution in [2.75, 3.05) is 7.11 Å². The summed E-state index contributed by atoms with van der Waals surface area (Å²) >= 11 is 0. The molecule has 0 aliphatic carbocycles. The van der Waals surface area contributed by atoms with Gasteiger partial charge in [0.2, 0.25) is 5.75 Å². The number of benzene rings is 4. The van der Waals surface area contributed by atoms with Gasteiger partial charge in [-0.05, 0) is 47.0 Å². The van der Waals surface area contributed by atoms with Gasteiger partial charge in [-0.25, -0.2) is 0 Å². The molecule has 2 aliphatic rings. The molecule has 4 aromatic carbocycles. The van der Waals surface area contributed by atoms with Crippen LogP contribution in [-0.4, -0.2) is 43.7 Å². The van der Waals surface area contributed by atoms with Crippen LogP contribution in [0.4, 0.5) is 0 Å². The first-order chi connectivity index (χ1) is 19.1. The number of fused-ring (bicyclic) bond motifs is 4. The lowest BCUT2D eigenvalue weighted by Crippen LogP contribution is -2.40. The summed E-state index contributed by atoms with van der Waals surface area (Å²) in [5.41, 5.74) is -0.491. The van der Waals surface area contributed by atoms with Gasteiger partial charge >= 0.3 is 5.97 Å². The van der Waals surface area contributed by atoms with Crippen LogP contribution in [0.25, 0.3) is 12.2 Å². The minimum Gasteiger partial charge on any atom is -0.508 e. The van der Waals surface area contributed by atoms with E-state index >= 15 is 0 Å². The van der Waals surface area contributed by atoms with Gasteiger partial charge in [0.1, 0.15) is 40.6 Å². The van der Waals surface area contributed by atoms with Crippen molar-refractivity contribution >= 4 is 18.1 Å². The van der Waals surface area contributed by atoms with E-state index in [0.29, 0.717) is 11.1 Å². The van der Waals surface area contributed by atoms with Crippen LogP contribution in [-0.2, 0) is 10.2 Å². The Morgan fingerprint density at radius 2 is 1.45 bits per heavy atom. The normalized spacial score (nSPS) is 18.9. The molecular weight excluding hydrogens is 520 g/mol. The number of phenolic OH excluding ortho intramolecular Hbond substituents is 6. The number of carbonyl (C=O) groups excluding carboxylic acids is 1. The van der Waals surface area contributed by atoms with E-state index in [1.807, 2.05) is 0 Å². The van der Waals surface area contributed by atoms with E-state index in [1.165, 1.54) is 49.6 Å². The molecule has 202 valence electrons. The van der Waals surface area contributed by atoms with Crippen molar-refractivity contribution in [3.8, 4) is 51.7 Å². The zero-order valence-corrected chi connectivity index (χ0v) is 20.8. The smallest absolute Gasteiger partial charge is 0.331 e. The molecule has 1 spiro atoms. The predicted octanol–water partition coefficient (Wildman–Crippen LogP) is 4.44. The first-order valence-corrected chi connectivity index (χ1v) is 12.0. The Morgan fingerprint density at radius 1 is 0.775 bits per heavy atom. The van der Waals surface area contributed by atoms with E-state index in [0.717, 1.165) is 6.07 Å². The second-order valence-electron chi connectivity index (χ2n) is 9.46. The number of esters is 1. The van der Waals surface area contributed by atoms with Gasteiger partial charge in [-0.1, -0.05) is 24.3 Å². The zero-order valence-electron chi connectivity index (χ0n) is 20.8. The first kappa shape index (κ1) is 24.8. The van der Waals surface area contributed by atoms with Crippen molar-refractivity contribution in [3.63, 3.8) is 0 Å². The average Bonchev–Trinajstić information content (AvgIpc) is 3.38. The summed E-state index contributed by atoms with van der Waals surface area (Å²) in [5, 5.41) is 61.8. The number of carbonyl (C=O) groups is 1. The second-order valence-corrected chi connectivity index (χ2v) is 9.46. The highest BCUT2D eigenvalue weighted by Crippen LogP contribution is 2.65. The maximum Gasteiger partial charge on any atom is 0.331 e. The summed E-state index contributed by atoms with van der Waals surface area (Å²) in [6.45, 7) is 0. The van der Waals surface area contributed by atoms with Crippen LogP contribution in [0.1, 0.15) is 33.9 Å². The molecule has 0 saturated carbocycles. The summed E-state index contributed by atoms with van der Waals surface area (Å²) in [6, 6.07) is 13.6. The number of aromatic hydroxyl groups is 6. The van der Waals surface area contributed by atoms with Crippen molar-refractivity contribution in [2.45, 2.75) is 11.5 Å². The SMILES string of the molecule is COc1c(O)cc(/C=C/c2cc(O)cc(O)c2)c2c1OC(=O)[C@]21c2c(O)cc(O)cc2O[C@H]1c1ccc(O)cc1. The van der Waals surface area contributed by atoms with Gasteiger partial charge in [0.25, 0.3) is 0 Å². The van der Waals surface area contributed by atoms with Crippen LogP contribution in [0.15, 0.2) is 60.7 Å². The Bertz CT molecular complexity index is 1700. The molecule has 6 rings (SSSR count). The standard InChI is InChI=1S/C30H22O10/c1-38-26-22(36)10-16(3-2-14-8-18(32)11-19(33)9-14)24-27(26)40-29(37)30(24)25-21(35)12-20(34)13-23(25)39-28(30)15-4-6-17(31)7-5-15/h2-13,28,31-36H,1H3/b3-2+/t28-,30-/m0/s1. The molecule has 6 N–H and O–H groups in total. The molecular formula is C30H22O10. The van der Waals surface area contributed by atoms with Crippen LogP contribution >= 0.6 is 0 Å². The fourth-order valence-corrected chi connectivity index (χ4v) is 5.51. The third-order valence-electron chi connectivity index (χ3n) is 7.04. The van der Waals surface area contributed by atoms with Crippen LogP contribution in [0, 0.1) is 0 Å². The lowest BCUT2D eigenvalue weighted by atomic mass is 9.68. The molecule has 10 nitrogen and oxygen atoms in total. The highest BCUT2D eigenvalue weighted by atomic mass is 16.6. The average molecular weight is 542 g/mol. The number of hydrogen-bond acceptors (Lipinski definition) is 10. The second kappa shape index (κ2) is 8.77. The fraction of sp³-hybridized carbons (Fsp3) is 0.100. The van der Waals surface area contributed by atoms with E-state index in [2.05, 4.69) is 0 Å². The Morgan fingerprint density at radius 3 is 2.12 bits per heavy atom. The summed E-state index contributed by atoms with van der Waals surface area (Å²) in [4.78, 5) is 14.0. The van der Waals surface area contributed by atoms with Gasteiger partial charge in [-0.2, -0.15) is 0 Å². The third kappa shape index (κ3) is 3.53. The van der Waals surface area contributed by atoms with Gasteiger partial charge in [-0.3, -0.25) is 4.79 Å². The largest absolute Gasteiger partial charge is 0.508 e. The van der Waals surface area contributed by atoms with Gasteiger partial charge in [-0.15, -0.1) is 0 Å². The number of ether oxygens (including phenoxy) is 3. The highest BCUT2D eigenvalue weighted by Gasteiger charge is 2.65. The van der Waals surface area contributed by atoms with Crippen molar-refractivity contribution in [2.24, 2.45) is 0 Å². The first-order valence-electron chi connectivity index (χ1n) is 12.0. The van der Waals surface area contributed by atoms with Crippen LogP contribution in [0.3, 0.4) is 0 Å². The minimum atomic E-state index is -1.85.